The van der Waals surface area contributed by atoms with E-state index in [1.165, 1.54) is 22.3 Å². The van der Waals surface area contributed by atoms with Gasteiger partial charge >= 0.3 is 0 Å². The van der Waals surface area contributed by atoms with Crippen LogP contribution >= 0.6 is 11.3 Å². The summed E-state index contributed by atoms with van der Waals surface area (Å²) in [6.07, 6.45) is 0. The molecule has 0 spiro atoms. The van der Waals surface area contributed by atoms with Crippen LogP contribution in [0.1, 0.15) is 0 Å². The molecule has 278 valence electrons. The number of hydrogen-bond acceptors (Lipinski definition) is 4. The van der Waals surface area contributed by atoms with Crippen LogP contribution < -0.4 is 4.90 Å². The van der Waals surface area contributed by atoms with Crippen LogP contribution in [-0.4, -0.2) is 4.98 Å². The van der Waals surface area contributed by atoms with Crippen molar-refractivity contribution in [1.29, 1.82) is 0 Å². The quantitative estimate of drug-likeness (QED) is 0.154. The van der Waals surface area contributed by atoms with Crippen molar-refractivity contribution in [3.8, 4) is 55.1 Å². The molecule has 3 nitrogen and oxygen atoms in total. The van der Waals surface area contributed by atoms with Crippen LogP contribution in [0.15, 0.2) is 223 Å². The molecule has 0 aliphatic carbocycles. The lowest BCUT2D eigenvalue weighted by Crippen LogP contribution is -2.11. The highest BCUT2D eigenvalue weighted by molar-refractivity contribution is 7.22. The molecule has 0 bridgehead atoms. The van der Waals surface area contributed by atoms with E-state index in [0.29, 0.717) is 0 Å². The maximum Gasteiger partial charge on any atom is 0.138 e. The Balaban J connectivity index is 1.14. The number of aromatic nitrogens is 1. The number of para-hydroxylation sites is 1. The Kier molecular flexibility index (Phi) is 8.68. The topological polar surface area (TPSA) is 29.3 Å². The van der Waals surface area contributed by atoms with E-state index in [-0.39, 0.29) is 0 Å². The Morgan fingerprint density at radius 3 is 1.49 bits per heavy atom. The summed E-state index contributed by atoms with van der Waals surface area (Å²) in [7, 11) is 0. The normalized spacial score (nSPS) is 11.4. The zero-order valence-electron chi connectivity index (χ0n) is 32.0. The fourth-order valence-electron chi connectivity index (χ4n) is 8.28. The molecule has 0 aliphatic heterocycles. The average molecular weight is 773 g/mol. The Hall–Kier alpha value is -7.53. The van der Waals surface area contributed by atoms with E-state index < -0.39 is 0 Å². The van der Waals surface area contributed by atoms with Crippen LogP contribution in [-0.2, 0) is 0 Å². The molecule has 2 heterocycles. The average Bonchev–Trinajstić information content (AvgIpc) is 3.91. The van der Waals surface area contributed by atoms with Gasteiger partial charge < -0.3 is 9.32 Å². The van der Waals surface area contributed by atoms with Gasteiger partial charge in [0.15, 0.2) is 0 Å². The minimum atomic E-state index is 0.836. The molecule has 59 heavy (non-hydrogen) atoms. The van der Waals surface area contributed by atoms with Gasteiger partial charge in [0, 0.05) is 44.9 Å². The van der Waals surface area contributed by atoms with Crippen molar-refractivity contribution in [2.24, 2.45) is 0 Å². The molecule has 0 saturated carbocycles. The minimum absolute atomic E-state index is 0.836. The van der Waals surface area contributed by atoms with E-state index >= 15 is 0 Å². The lowest BCUT2D eigenvalue weighted by Gasteiger charge is -2.29. The van der Waals surface area contributed by atoms with Crippen LogP contribution in [0.2, 0.25) is 0 Å². The van der Waals surface area contributed by atoms with Gasteiger partial charge in [0.05, 0.1) is 15.9 Å². The molecule has 0 unspecified atom stereocenters. The van der Waals surface area contributed by atoms with Crippen LogP contribution in [0.3, 0.4) is 0 Å². The maximum absolute atomic E-state index is 6.57. The van der Waals surface area contributed by atoms with Crippen molar-refractivity contribution in [2.75, 3.05) is 4.90 Å². The second-order valence-corrected chi connectivity index (χ2v) is 15.7. The predicted molar refractivity (Wildman–Crippen MR) is 249 cm³/mol. The SMILES string of the molecule is c1ccc(-c2ccc(N(c3ccc(-c4ccccc4)cc3)c3ccc(-c4c5sc(-c6ccccc6)nc5cc5oc6ccccc6c45)cc3-c3ccccc3)cc2)cc1. The molecule has 0 amide bonds. The lowest BCUT2D eigenvalue weighted by atomic mass is 9.93. The van der Waals surface area contributed by atoms with E-state index in [9.17, 15) is 0 Å². The number of nitrogens with zero attached hydrogens (tertiary/aromatic N) is 2. The van der Waals surface area contributed by atoms with Crippen LogP contribution in [0.25, 0.3) is 87.2 Å². The number of benzene rings is 9. The molecule has 0 atom stereocenters. The molecular formula is C55H36N2OS. The first kappa shape index (κ1) is 34.7. The van der Waals surface area contributed by atoms with Crippen molar-refractivity contribution in [2.45, 2.75) is 0 Å². The smallest absolute Gasteiger partial charge is 0.138 e. The van der Waals surface area contributed by atoms with Crippen molar-refractivity contribution >= 4 is 60.6 Å². The maximum atomic E-state index is 6.57. The number of thiazole rings is 1. The van der Waals surface area contributed by atoms with Gasteiger partial charge in [-0.25, -0.2) is 4.98 Å². The Bertz CT molecular complexity index is 3150. The summed E-state index contributed by atoms with van der Waals surface area (Å²) < 4.78 is 7.71. The zero-order chi connectivity index (χ0) is 39.1. The Morgan fingerprint density at radius 1 is 0.407 bits per heavy atom. The molecular weight excluding hydrogens is 737 g/mol. The largest absolute Gasteiger partial charge is 0.456 e. The number of rotatable bonds is 8. The van der Waals surface area contributed by atoms with Gasteiger partial charge in [-0.05, 0) is 75.8 Å². The Labute approximate surface area is 346 Å². The predicted octanol–water partition coefficient (Wildman–Crippen LogP) is 16.0. The van der Waals surface area contributed by atoms with Crippen LogP contribution in [0.4, 0.5) is 17.1 Å². The van der Waals surface area contributed by atoms with Crippen LogP contribution in [0, 0.1) is 0 Å². The summed E-state index contributed by atoms with van der Waals surface area (Å²) in [4.78, 5) is 7.59. The fraction of sp³-hybridized carbons (Fsp3) is 0. The van der Waals surface area contributed by atoms with E-state index in [1.807, 2.05) is 12.1 Å². The van der Waals surface area contributed by atoms with Gasteiger partial charge in [0.1, 0.15) is 16.2 Å². The van der Waals surface area contributed by atoms with Gasteiger partial charge in [-0.3, -0.25) is 0 Å². The summed E-state index contributed by atoms with van der Waals surface area (Å²) in [6, 6.07) is 77.6. The first-order valence-corrected chi connectivity index (χ1v) is 20.7. The third-order valence-corrected chi connectivity index (χ3v) is 12.3. The molecule has 0 radical (unpaired) electrons. The summed E-state index contributed by atoms with van der Waals surface area (Å²) in [5.41, 5.74) is 16.2. The summed E-state index contributed by atoms with van der Waals surface area (Å²) in [5.74, 6) is 0. The highest BCUT2D eigenvalue weighted by Crippen LogP contribution is 2.48. The third-order valence-electron chi connectivity index (χ3n) is 11.1. The zero-order valence-corrected chi connectivity index (χ0v) is 32.8. The first-order valence-electron chi connectivity index (χ1n) is 19.9. The number of furan rings is 1. The van der Waals surface area contributed by atoms with Gasteiger partial charge in [-0.1, -0.05) is 170 Å². The lowest BCUT2D eigenvalue weighted by molar-refractivity contribution is 0.669. The van der Waals surface area contributed by atoms with Crippen LogP contribution in [0.5, 0.6) is 0 Å². The van der Waals surface area contributed by atoms with Crippen molar-refractivity contribution in [3.05, 3.63) is 218 Å². The monoisotopic (exact) mass is 772 g/mol. The number of fused-ring (bicyclic) bond motifs is 4. The second kappa shape index (κ2) is 14.8. The van der Waals surface area contributed by atoms with Crippen molar-refractivity contribution in [1.82, 2.24) is 4.98 Å². The molecule has 4 heteroatoms. The van der Waals surface area contributed by atoms with E-state index in [2.05, 4.69) is 211 Å². The minimum Gasteiger partial charge on any atom is -0.456 e. The van der Waals surface area contributed by atoms with Gasteiger partial charge in [0.25, 0.3) is 0 Å². The van der Waals surface area contributed by atoms with Crippen molar-refractivity contribution in [3.63, 3.8) is 0 Å². The molecule has 2 aromatic heterocycles. The van der Waals surface area contributed by atoms with Gasteiger partial charge in [-0.2, -0.15) is 0 Å². The third kappa shape index (κ3) is 6.37. The van der Waals surface area contributed by atoms with E-state index in [1.54, 1.807) is 11.3 Å². The molecule has 11 rings (SSSR count). The van der Waals surface area contributed by atoms with E-state index in [0.717, 1.165) is 82.0 Å². The number of anilines is 3. The fourth-order valence-corrected chi connectivity index (χ4v) is 9.40. The highest BCUT2D eigenvalue weighted by Gasteiger charge is 2.23. The van der Waals surface area contributed by atoms with E-state index in [4.69, 9.17) is 9.40 Å². The molecule has 0 aliphatic rings. The van der Waals surface area contributed by atoms with Gasteiger partial charge in [0.2, 0.25) is 0 Å². The first-order chi connectivity index (χ1) is 29.2. The second-order valence-electron chi connectivity index (χ2n) is 14.7. The van der Waals surface area contributed by atoms with Gasteiger partial charge in [-0.15, -0.1) is 11.3 Å². The Morgan fingerprint density at radius 2 is 0.898 bits per heavy atom. The highest BCUT2D eigenvalue weighted by atomic mass is 32.1. The number of hydrogen-bond donors (Lipinski definition) is 0. The molecule has 9 aromatic carbocycles. The summed E-state index contributed by atoms with van der Waals surface area (Å²) >= 11 is 1.74. The molecule has 0 fully saturated rings. The standard InChI is InChI=1S/C55H36N2OS/c1-5-15-37(16-6-1)39-25-30-44(31-26-39)57(45-32-27-40(28-33-45)38-17-7-2-8-18-38)49-34-29-43(35-47(49)41-19-9-3-10-20-41)52-53-46-23-13-14-24-50(46)58-51(53)36-48-54(52)59-55(56-48)42-21-11-4-12-22-42/h1-36H. The molecule has 0 N–H and O–H groups in total. The van der Waals surface area contributed by atoms with Crippen molar-refractivity contribution < 1.29 is 4.42 Å². The summed E-state index contributed by atoms with van der Waals surface area (Å²) in [5, 5.41) is 3.19. The molecule has 0 saturated heterocycles. The molecule has 11 aromatic rings. The summed E-state index contributed by atoms with van der Waals surface area (Å²) in [6.45, 7) is 0.